The molecule has 2 heterocycles. The Balaban J connectivity index is 2.08. The van der Waals surface area contributed by atoms with Gasteiger partial charge in [-0.25, -0.2) is 5.43 Å². The molecule has 4 N–H and O–H groups in total. The molecule has 4 atom stereocenters. The van der Waals surface area contributed by atoms with Gasteiger partial charge in [0.25, 0.3) is 5.69 Å². The molecule has 0 bridgehead atoms. The minimum absolute atomic E-state index is 0.0346. The number of hydrazine groups is 1. The highest BCUT2D eigenvalue weighted by Gasteiger charge is 2.48. The van der Waals surface area contributed by atoms with E-state index in [1.807, 2.05) is 0 Å². The van der Waals surface area contributed by atoms with Crippen molar-refractivity contribution in [1.82, 2.24) is 10.9 Å². The van der Waals surface area contributed by atoms with Crippen molar-refractivity contribution in [1.29, 1.82) is 5.26 Å². The molecule has 0 aromatic heterocycles. The maximum absolute atomic E-state index is 11.0. The van der Waals surface area contributed by atoms with Crippen LogP contribution in [0.25, 0.3) is 0 Å². The molecule has 1 aromatic carbocycles. The number of ether oxygens (including phenoxy) is 1. The maximum Gasteiger partial charge on any atom is 0.287 e. The quantitative estimate of drug-likeness (QED) is 0.553. The number of benzene rings is 1. The second-order valence-electron chi connectivity index (χ2n) is 6.14. The number of nitro groups is 1. The Morgan fingerprint density at radius 2 is 2.24 bits per heavy atom. The molecule has 1 aromatic rings. The summed E-state index contributed by atoms with van der Waals surface area (Å²) in [5.74, 6) is -0.379. The first-order valence-electron chi connectivity index (χ1n) is 7.99. The molecule has 132 valence electrons. The lowest BCUT2D eigenvalue weighted by molar-refractivity contribution is -0.384. The van der Waals surface area contributed by atoms with E-state index in [0.29, 0.717) is 11.1 Å². The molecule has 0 radical (unpaired) electrons. The molecule has 1 fully saturated rings. The van der Waals surface area contributed by atoms with Crippen LogP contribution in [-0.2, 0) is 4.74 Å². The Labute approximate surface area is 149 Å². The Morgan fingerprint density at radius 3 is 2.84 bits per heavy atom. The van der Waals surface area contributed by atoms with Gasteiger partial charge in [-0.1, -0.05) is 31.0 Å². The van der Waals surface area contributed by atoms with Gasteiger partial charge in [0.2, 0.25) is 5.88 Å². The number of hydrogen-bond acceptors (Lipinski definition) is 7. The lowest BCUT2D eigenvalue weighted by atomic mass is 9.75. The zero-order valence-corrected chi connectivity index (χ0v) is 14.3. The van der Waals surface area contributed by atoms with Gasteiger partial charge in [-0.15, -0.1) is 0 Å². The Hall–Kier alpha value is -2.34. The van der Waals surface area contributed by atoms with Gasteiger partial charge in [0.15, 0.2) is 6.23 Å². The predicted molar refractivity (Wildman–Crippen MR) is 91.0 cm³/mol. The maximum atomic E-state index is 11.0. The van der Waals surface area contributed by atoms with E-state index in [9.17, 15) is 15.4 Å². The van der Waals surface area contributed by atoms with Gasteiger partial charge < -0.3 is 10.5 Å². The molecule has 0 spiro atoms. The highest BCUT2D eigenvalue weighted by atomic mass is 35.5. The molecule has 9 heteroatoms. The van der Waals surface area contributed by atoms with E-state index < -0.39 is 4.92 Å². The summed E-state index contributed by atoms with van der Waals surface area (Å²) in [4.78, 5) is 10.5. The number of allylic oxidation sites excluding steroid dienone is 1. The number of nitrogens with zero attached hydrogens (tertiary/aromatic N) is 2. The summed E-state index contributed by atoms with van der Waals surface area (Å²) >= 11 is 6.08. The fourth-order valence-corrected chi connectivity index (χ4v) is 3.87. The van der Waals surface area contributed by atoms with Gasteiger partial charge in [0, 0.05) is 23.9 Å². The van der Waals surface area contributed by atoms with Crippen LogP contribution in [-0.4, -0.2) is 17.2 Å². The van der Waals surface area contributed by atoms with Gasteiger partial charge in [0.05, 0.1) is 10.5 Å². The predicted octanol–water partition coefficient (Wildman–Crippen LogP) is 2.27. The number of nitriles is 1. The molecule has 2 aliphatic heterocycles. The van der Waals surface area contributed by atoms with Crippen molar-refractivity contribution in [3.63, 3.8) is 0 Å². The van der Waals surface area contributed by atoms with E-state index in [2.05, 4.69) is 23.8 Å². The lowest BCUT2D eigenvalue weighted by Crippen LogP contribution is -2.41. The third kappa shape index (κ3) is 3.02. The summed E-state index contributed by atoms with van der Waals surface area (Å²) in [5.41, 5.74) is 13.1. The zero-order valence-electron chi connectivity index (χ0n) is 13.5. The molecular formula is C16H18ClN5O3. The lowest BCUT2D eigenvalue weighted by Gasteiger charge is -2.35. The van der Waals surface area contributed by atoms with Gasteiger partial charge in [0.1, 0.15) is 11.1 Å². The molecule has 8 nitrogen and oxygen atoms in total. The van der Waals surface area contributed by atoms with Crippen molar-refractivity contribution in [3.8, 4) is 6.07 Å². The number of halogens is 1. The highest BCUT2D eigenvalue weighted by Crippen LogP contribution is 2.44. The van der Waals surface area contributed by atoms with Crippen molar-refractivity contribution < 1.29 is 9.66 Å². The summed E-state index contributed by atoms with van der Waals surface area (Å²) in [6, 6.07) is 6.73. The largest absolute Gasteiger partial charge is 0.458 e. The molecule has 2 aliphatic rings. The van der Waals surface area contributed by atoms with Crippen LogP contribution in [0.15, 0.2) is 29.7 Å². The second-order valence-corrected chi connectivity index (χ2v) is 6.54. The van der Waals surface area contributed by atoms with Crippen molar-refractivity contribution in [2.45, 2.75) is 38.0 Å². The van der Waals surface area contributed by atoms with Crippen LogP contribution in [0.5, 0.6) is 0 Å². The molecule has 0 amide bonds. The van der Waals surface area contributed by atoms with E-state index in [4.69, 9.17) is 22.1 Å². The van der Waals surface area contributed by atoms with Gasteiger partial charge in [-0.3, -0.25) is 15.5 Å². The zero-order chi connectivity index (χ0) is 18.1. The van der Waals surface area contributed by atoms with E-state index in [0.717, 1.165) is 12.8 Å². The molecule has 3 rings (SSSR count). The van der Waals surface area contributed by atoms with E-state index >= 15 is 0 Å². The number of nitro benzene ring substituents is 1. The smallest absolute Gasteiger partial charge is 0.287 e. The SMILES string of the molecule is CCCC1NNC2OC(N)=C(C#N)C(c3ccc([N+](=O)[O-])c(Cl)c3)C12. The van der Waals surface area contributed by atoms with E-state index in [1.54, 1.807) is 12.1 Å². The molecule has 1 saturated heterocycles. The topological polar surface area (TPSA) is 126 Å². The highest BCUT2D eigenvalue weighted by molar-refractivity contribution is 6.32. The first kappa shape index (κ1) is 17.5. The van der Waals surface area contributed by atoms with Crippen LogP contribution < -0.4 is 16.6 Å². The first-order chi connectivity index (χ1) is 12.0. The molecule has 0 aliphatic carbocycles. The van der Waals surface area contributed by atoms with Crippen LogP contribution in [0.2, 0.25) is 5.02 Å². The molecule has 25 heavy (non-hydrogen) atoms. The summed E-state index contributed by atoms with van der Waals surface area (Å²) in [6.45, 7) is 2.08. The molecule has 0 saturated carbocycles. The minimum atomic E-state index is -0.535. The normalized spacial score (nSPS) is 28.2. The van der Waals surface area contributed by atoms with Crippen LogP contribution >= 0.6 is 11.6 Å². The average molecular weight is 364 g/mol. The summed E-state index contributed by atoms with van der Waals surface area (Å²) in [5, 5.41) is 20.6. The fraction of sp³-hybridized carbons (Fsp3) is 0.438. The monoisotopic (exact) mass is 363 g/mol. The number of rotatable bonds is 4. The molecule has 4 unspecified atom stereocenters. The van der Waals surface area contributed by atoms with Gasteiger partial charge in [-0.2, -0.15) is 5.26 Å². The van der Waals surface area contributed by atoms with Crippen LogP contribution in [0.1, 0.15) is 31.2 Å². The summed E-state index contributed by atoms with van der Waals surface area (Å²) in [6.07, 6.45) is 1.46. The average Bonchev–Trinajstić information content (AvgIpc) is 2.95. The summed E-state index contributed by atoms with van der Waals surface area (Å²) < 4.78 is 5.65. The Kier molecular flexibility index (Phi) is 4.81. The van der Waals surface area contributed by atoms with Gasteiger partial charge in [-0.05, 0) is 18.1 Å². The first-order valence-corrected chi connectivity index (χ1v) is 8.37. The fourth-order valence-electron chi connectivity index (χ4n) is 3.61. The number of nitrogens with two attached hydrogens (primary N) is 1. The van der Waals surface area contributed by atoms with Crippen molar-refractivity contribution in [2.24, 2.45) is 11.7 Å². The number of fused-ring (bicyclic) bond motifs is 1. The molecular weight excluding hydrogens is 346 g/mol. The van der Waals surface area contributed by atoms with E-state index in [-0.39, 0.29) is 40.7 Å². The third-order valence-corrected chi connectivity index (χ3v) is 4.99. The Bertz CT molecular complexity index is 776. The van der Waals surface area contributed by atoms with Crippen LogP contribution in [0.3, 0.4) is 0 Å². The Morgan fingerprint density at radius 1 is 1.48 bits per heavy atom. The summed E-state index contributed by atoms with van der Waals surface area (Å²) in [7, 11) is 0. The number of hydrogen-bond donors (Lipinski definition) is 3. The minimum Gasteiger partial charge on any atom is -0.458 e. The van der Waals surface area contributed by atoms with Crippen molar-refractivity contribution in [3.05, 3.63) is 50.4 Å². The third-order valence-electron chi connectivity index (χ3n) is 4.69. The number of nitrogens with one attached hydrogen (secondary N) is 2. The van der Waals surface area contributed by atoms with E-state index in [1.165, 1.54) is 6.07 Å². The van der Waals surface area contributed by atoms with Crippen molar-refractivity contribution >= 4 is 17.3 Å². The van der Waals surface area contributed by atoms with Crippen molar-refractivity contribution in [2.75, 3.05) is 0 Å². The van der Waals surface area contributed by atoms with Crippen LogP contribution in [0, 0.1) is 27.4 Å². The van der Waals surface area contributed by atoms with Gasteiger partial charge >= 0.3 is 0 Å². The second kappa shape index (κ2) is 6.88. The standard InChI is InChI=1S/C16H18ClN5O3/c1-2-3-11-14-13(8-4-5-12(22(23)24)10(17)6-8)9(7-18)15(19)25-16(14)21-20-11/h4-6,11,13-14,16,20-21H,2-3,19H2,1H3. The van der Waals surface area contributed by atoms with Crippen LogP contribution in [0.4, 0.5) is 5.69 Å².